The number of hydrogen-bond acceptors (Lipinski definition) is 4. The number of aryl methyl sites for hydroxylation is 1. The molecule has 3 aromatic rings. The molecule has 0 unspecified atom stereocenters. The molecule has 0 fully saturated rings. The number of nitrogens with one attached hydrogen (secondary N) is 1. The summed E-state index contributed by atoms with van der Waals surface area (Å²) in [6.45, 7) is 6.56. The van der Waals surface area contributed by atoms with Gasteiger partial charge in [0.25, 0.3) is 10.0 Å². The lowest BCUT2D eigenvalue weighted by Gasteiger charge is -2.32. The molecule has 0 heterocycles. The Balaban J connectivity index is 2.06. The molecular formula is C28H31Cl2N3O4S. The Morgan fingerprint density at radius 1 is 0.895 bits per heavy atom. The van der Waals surface area contributed by atoms with E-state index >= 15 is 0 Å². The van der Waals surface area contributed by atoms with Gasteiger partial charge in [0.1, 0.15) is 12.6 Å². The van der Waals surface area contributed by atoms with Gasteiger partial charge in [-0.15, -0.1) is 0 Å². The second kappa shape index (κ2) is 12.7. The van der Waals surface area contributed by atoms with Crippen molar-refractivity contribution in [2.24, 2.45) is 0 Å². The maximum Gasteiger partial charge on any atom is 0.264 e. The molecule has 0 aromatic heterocycles. The monoisotopic (exact) mass is 575 g/mol. The van der Waals surface area contributed by atoms with E-state index in [1.54, 1.807) is 68.4 Å². The summed E-state index contributed by atoms with van der Waals surface area (Å²) in [5.41, 5.74) is 1.64. The van der Waals surface area contributed by atoms with E-state index in [2.05, 4.69) is 5.32 Å². The van der Waals surface area contributed by atoms with Gasteiger partial charge in [-0.2, -0.15) is 0 Å². The van der Waals surface area contributed by atoms with Crippen LogP contribution < -0.4 is 9.62 Å². The Hall–Kier alpha value is -3.07. The molecule has 1 atom stereocenters. The number of amides is 2. The van der Waals surface area contributed by atoms with Crippen LogP contribution >= 0.6 is 23.2 Å². The van der Waals surface area contributed by atoms with Crippen LogP contribution in [0.4, 0.5) is 5.69 Å². The lowest BCUT2D eigenvalue weighted by molar-refractivity contribution is -0.139. The molecule has 202 valence electrons. The molecule has 0 radical (unpaired) electrons. The van der Waals surface area contributed by atoms with E-state index in [4.69, 9.17) is 23.2 Å². The first-order chi connectivity index (χ1) is 17.9. The zero-order valence-electron chi connectivity index (χ0n) is 21.7. The predicted octanol–water partition coefficient (Wildman–Crippen LogP) is 5.44. The van der Waals surface area contributed by atoms with Gasteiger partial charge >= 0.3 is 0 Å². The molecule has 0 spiro atoms. The van der Waals surface area contributed by atoms with E-state index in [1.165, 1.54) is 23.1 Å². The Morgan fingerprint density at radius 3 is 2.11 bits per heavy atom. The number of halogens is 2. The Morgan fingerprint density at radius 2 is 1.50 bits per heavy atom. The average molecular weight is 577 g/mol. The second-order valence-corrected chi connectivity index (χ2v) is 12.0. The van der Waals surface area contributed by atoms with Crippen molar-refractivity contribution in [1.29, 1.82) is 0 Å². The van der Waals surface area contributed by atoms with Crippen molar-refractivity contribution in [3.8, 4) is 0 Å². The number of benzene rings is 3. The third-order valence-corrected chi connectivity index (χ3v) is 8.18. The van der Waals surface area contributed by atoms with Gasteiger partial charge in [0.15, 0.2) is 0 Å². The normalized spacial score (nSPS) is 12.2. The first-order valence-corrected chi connectivity index (χ1v) is 14.3. The lowest BCUT2D eigenvalue weighted by Crippen LogP contribution is -2.52. The van der Waals surface area contributed by atoms with E-state index in [-0.39, 0.29) is 29.1 Å². The summed E-state index contributed by atoms with van der Waals surface area (Å²) < 4.78 is 28.7. The third kappa shape index (κ3) is 7.28. The minimum atomic E-state index is -4.16. The highest BCUT2D eigenvalue weighted by Crippen LogP contribution is 2.30. The van der Waals surface area contributed by atoms with Gasteiger partial charge in [0, 0.05) is 22.6 Å². The molecule has 3 rings (SSSR count). The fourth-order valence-corrected chi connectivity index (χ4v) is 5.64. The standard InChI is InChI=1S/C28H31Cl2N3O4S/c1-19(2)31-28(35)21(4)32(17-22-11-14-23(29)15-12-22)27(34)18-33(26-16-24(30)13-10-20(26)3)38(36,37)25-8-6-5-7-9-25/h5-16,19,21H,17-18H2,1-4H3,(H,31,35)/t21-/m1/s1. The molecule has 0 saturated heterocycles. The predicted molar refractivity (Wildman–Crippen MR) is 152 cm³/mol. The number of anilines is 1. The quantitative estimate of drug-likeness (QED) is 0.348. The van der Waals surface area contributed by atoms with Crippen LogP contribution in [0.15, 0.2) is 77.7 Å². The summed E-state index contributed by atoms with van der Waals surface area (Å²) in [7, 11) is -4.16. The van der Waals surface area contributed by atoms with Gasteiger partial charge in [-0.25, -0.2) is 8.42 Å². The van der Waals surface area contributed by atoms with Crippen LogP contribution in [0.2, 0.25) is 10.0 Å². The fourth-order valence-electron chi connectivity index (χ4n) is 3.86. The highest BCUT2D eigenvalue weighted by atomic mass is 35.5. The molecule has 0 saturated carbocycles. The average Bonchev–Trinajstić information content (AvgIpc) is 2.88. The number of carbonyl (C=O) groups excluding carboxylic acids is 2. The van der Waals surface area contributed by atoms with Gasteiger partial charge in [-0.3, -0.25) is 13.9 Å². The van der Waals surface area contributed by atoms with Gasteiger partial charge in [-0.05, 0) is 75.2 Å². The van der Waals surface area contributed by atoms with Crippen molar-refractivity contribution in [2.75, 3.05) is 10.8 Å². The summed E-state index contributed by atoms with van der Waals surface area (Å²) in [4.78, 5) is 28.2. The maximum atomic E-state index is 13.9. The number of sulfonamides is 1. The van der Waals surface area contributed by atoms with E-state index in [1.807, 2.05) is 13.8 Å². The fraction of sp³-hybridized carbons (Fsp3) is 0.286. The smallest absolute Gasteiger partial charge is 0.264 e. The number of carbonyl (C=O) groups is 2. The highest BCUT2D eigenvalue weighted by molar-refractivity contribution is 7.92. The SMILES string of the molecule is Cc1ccc(Cl)cc1N(CC(=O)N(Cc1ccc(Cl)cc1)[C@H](C)C(=O)NC(C)C)S(=O)(=O)c1ccccc1. The second-order valence-electron chi connectivity index (χ2n) is 9.24. The molecule has 38 heavy (non-hydrogen) atoms. The van der Waals surface area contributed by atoms with Crippen molar-refractivity contribution in [3.05, 3.63) is 94.0 Å². The molecule has 0 aliphatic rings. The molecule has 0 bridgehead atoms. The van der Waals surface area contributed by atoms with E-state index in [0.717, 1.165) is 9.87 Å². The van der Waals surface area contributed by atoms with E-state index in [9.17, 15) is 18.0 Å². The third-order valence-electron chi connectivity index (χ3n) is 5.91. The highest BCUT2D eigenvalue weighted by Gasteiger charge is 2.33. The van der Waals surface area contributed by atoms with Crippen LogP contribution in [0.25, 0.3) is 0 Å². The van der Waals surface area contributed by atoms with Crippen molar-refractivity contribution in [1.82, 2.24) is 10.2 Å². The van der Waals surface area contributed by atoms with Crippen molar-refractivity contribution < 1.29 is 18.0 Å². The Kier molecular flexibility index (Phi) is 9.82. The molecular weight excluding hydrogens is 545 g/mol. The van der Waals surface area contributed by atoms with Crippen LogP contribution in [0.1, 0.15) is 31.9 Å². The van der Waals surface area contributed by atoms with Gasteiger partial charge < -0.3 is 10.2 Å². The van der Waals surface area contributed by atoms with Crippen LogP contribution in [-0.4, -0.2) is 43.8 Å². The summed E-state index contributed by atoms with van der Waals surface area (Å²) in [5, 5.41) is 3.69. The number of nitrogens with zero attached hydrogens (tertiary/aromatic N) is 2. The Labute approximate surface area is 234 Å². The first kappa shape index (κ1) is 29.5. The summed E-state index contributed by atoms with van der Waals surface area (Å²) in [6.07, 6.45) is 0. The van der Waals surface area contributed by atoms with Crippen LogP contribution in [0.5, 0.6) is 0 Å². The molecule has 0 aliphatic carbocycles. The minimum Gasteiger partial charge on any atom is -0.352 e. The number of rotatable bonds is 10. The van der Waals surface area contributed by atoms with Crippen LogP contribution in [0, 0.1) is 6.92 Å². The molecule has 3 aromatic carbocycles. The molecule has 1 N–H and O–H groups in total. The van der Waals surface area contributed by atoms with Crippen molar-refractivity contribution in [2.45, 2.75) is 51.2 Å². The lowest BCUT2D eigenvalue weighted by atomic mass is 10.1. The van der Waals surface area contributed by atoms with Crippen LogP contribution in [0.3, 0.4) is 0 Å². The van der Waals surface area contributed by atoms with Gasteiger partial charge in [-0.1, -0.05) is 59.6 Å². The molecule has 2 amide bonds. The Bertz CT molecular complexity index is 1380. The van der Waals surface area contributed by atoms with Crippen molar-refractivity contribution in [3.63, 3.8) is 0 Å². The van der Waals surface area contributed by atoms with Gasteiger partial charge in [0.2, 0.25) is 11.8 Å². The number of hydrogen-bond donors (Lipinski definition) is 1. The zero-order chi connectivity index (χ0) is 28.0. The largest absolute Gasteiger partial charge is 0.352 e. The first-order valence-electron chi connectivity index (χ1n) is 12.1. The summed E-state index contributed by atoms with van der Waals surface area (Å²) >= 11 is 12.3. The minimum absolute atomic E-state index is 0.0297. The maximum absolute atomic E-state index is 13.9. The van der Waals surface area contributed by atoms with Crippen LogP contribution in [-0.2, 0) is 26.2 Å². The summed E-state index contributed by atoms with van der Waals surface area (Å²) in [6, 6.07) is 18.6. The molecule has 0 aliphatic heterocycles. The summed E-state index contributed by atoms with van der Waals surface area (Å²) in [5.74, 6) is -0.899. The van der Waals surface area contributed by atoms with Gasteiger partial charge in [0.05, 0.1) is 10.6 Å². The van der Waals surface area contributed by atoms with E-state index < -0.39 is 28.5 Å². The topological polar surface area (TPSA) is 86.8 Å². The molecule has 10 heteroatoms. The zero-order valence-corrected chi connectivity index (χ0v) is 24.0. The van der Waals surface area contributed by atoms with Crippen molar-refractivity contribution >= 4 is 50.7 Å². The molecule has 7 nitrogen and oxygen atoms in total. The van der Waals surface area contributed by atoms with E-state index in [0.29, 0.717) is 15.6 Å².